The van der Waals surface area contributed by atoms with Gasteiger partial charge in [0.05, 0.1) is 12.9 Å². The number of fused-ring (bicyclic) bond motifs is 1. The summed E-state index contributed by atoms with van der Waals surface area (Å²) in [6.07, 6.45) is 1.47. The lowest BCUT2D eigenvalue weighted by molar-refractivity contribution is -0.145. The van der Waals surface area contributed by atoms with E-state index in [4.69, 9.17) is 9.47 Å². The van der Waals surface area contributed by atoms with Crippen molar-refractivity contribution in [3.63, 3.8) is 0 Å². The quantitative estimate of drug-likeness (QED) is 0.351. The second kappa shape index (κ2) is 9.33. The fraction of sp³-hybridized carbons (Fsp3) is 0.222. The molecule has 27 heavy (non-hydrogen) atoms. The Morgan fingerprint density at radius 1 is 1.22 bits per heavy atom. The van der Waals surface area contributed by atoms with Gasteiger partial charge < -0.3 is 14.8 Å². The molecule has 1 N–H and O–H groups in total. The molecule has 0 unspecified atom stereocenters. The molecule has 0 bridgehead atoms. The molecule has 0 aliphatic carbocycles. The molecular formula is C18H17N3O4S2. The molecule has 9 heteroatoms. The molecule has 0 spiro atoms. The van der Waals surface area contributed by atoms with Gasteiger partial charge in [0.2, 0.25) is 0 Å². The van der Waals surface area contributed by atoms with E-state index >= 15 is 0 Å². The van der Waals surface area contributed by atoms with E-state index in [1.165, 1.54) is 29.4 Å². The molecule has 2 aromatic heterocycles. The first-order valence-corrected chi connectivity index (χ1v) is 9.89. The summed E-state index contributed by atoms with van der Waals surface area (Å²) < 4.78 is 10.2. The number of rotatable bonds is 8. The van der Waals surface area contributed by atoms with Crippen molar-refractivity contribution in [2.24, 2.45) is 0 Å². The zero-order valence-electron chi connectivity index (χ0n) is 14.5. The molecule has 3 rings (SSSR count). The zero-order chi connectivity index (χ0) is 19.1. The van der Waals surface area contributed by atoms with Gasteiger partial charge in [0.15, 0.2) is 6.61 Å². The van der Waals surface area contributed by atoms with E-state index in [1.807, 2.05) is 35.7 Å². The molecule has 0 saturated carbocycles. The number of benzene rings is 1. The minimum absolute atomic E-state index is 0.0712. The average Bonchev–Trinajstić information content (AvgIpc) is 3.18. The van der Waals surface area contributed by atoms with Crippen LogP contribution in [-0.2, 0) is 20.9 Å². The number of nitrogens with zero attached hydrogens (tertiary/aromatic N) is 2. The van der Waals surface area contributed by atoms with Crippen molar-refractivity contribution in [1.82, 2.24) is 15.3 Å². The van der Waals surface area contributed by atoms with Crippen LogP contribution in [0.4, 0.5) is 0 Å². The van der Waals surface area contributed by atoms with E-state index in [0.29, 0.717) is 12.3 Å². The van der Waals surface area contributed by atoms with Crippen LogP contribution in [0.2, 0.25) is 0 Å². The molecule has 7 nitrogen and oxygen atoms in total. The molecule has 2 heterocycles. The number of ether oxygens (including phenoxy) is 2. The number of aromatic nitrogens is 2. The Labute approximate surface area is 164 Å². The Balaban J connectivity index is 1.42. The highest BCUT2D eigenvalue weighted by Crippen LogP contribution is 2.27. The van der Waals surface area contributed by atoms with Crippen molar-refractivity contribution in [2.45, 2.75) is 11.6 Å². The summed E-state index contributed by atoms with van der Waals surface area (Å²) in [5.74, 6) is -0.0892. The summed E-state index contributed by atoms with van der Waals surface area (Å²) in [6, 6.07) is 9.30. The van der Waals surface area contributed by atoms with Crippen LogP contribution in [0.1, 0.15) is 5.56 Å². The average molecular weight is 403 g/mol. The third-order valence-electron chi connectivity index (χ3n) is 3.58. The number of methoxy groups -OCH3 is 1. The molecule has 3 aromatic rings. The van der Waals surface area contributed by atoms with Crippen LogP contribution in [0.15, 0.2) is 47.1 Å². The topological polar surface area (TPSA) is 90.4 Å². The van der Waals surface area contributed by atoms with Crippen LogP contribution >= 0.6 is 23.1 Å². The zero-order valence-corrected chi connectivity index (χ0v) is 16.1. The Morgan fingerprint density at radius 3 is 2.93 bits per heavy atom. The maximum Gasteiger partial charge on any atom is 0.316 e. The SMILES string of the molecule is COc1ccccc1CNC(=O)COC(=O)CSc1ncnc2sccc12. The molecule has 140 valence electrons. The largest absolute Gasteiger partial charge is 0.496 e. The molecular weight excluding hydrogens is 386 g/mol. The second-order valence-corrected chi connectivity index (χ2v) is 7.21. The van der Waals surface area contributed by atoms with Crippen molar-refractivity contribution < 1.29 is 19.1 Å². The van der Waals surface area contributed by atoms with Gasteiger partial charge in [-0.05, 0) is 17.5 Å². The summed E-state index contributed by atoms with van der Waals surface area (Å²) in [7, 11) is 1.57. The number of amides is 1. The van der Waals surface area contributed by atoms with E-state index in [1.54, 1.807) is 7.11 Å². The summed E-state index contributed by atoms with van der Waals surface area (Å²) in [5.41, 5.74) is 0.846. The van der Waals surface area contributed by atoms with E-state index in [-0.39, 0.29) is 18.3 Å². The van der Waals surface area contributed by atoms with Crippen molar-refractivity contribution in [2.75, 3.05) is 19.5 Å². The van der Waals surface area contributed by atoms with Crippen molar-refractivity contribution in [1.29, 1.82) is 0 Å². The minimum atomic E-state index is -0.477. The number of para-hydroxylation sites is 1. The predicted molar refractivity (Wildman–Crippen MR) is 104 cm³/mol. The molecule has 1 aromatic carbocycles. The van der Waals surface area contributed by atoms with Gasteiger partial charge in [0, 0.05) is 17.5 Å². The smallest absolute Gasteiger partial charge is 0.316 e. The standard InChI is InChI=1S/C18H17N3O4S2/c1-24-14-5-3-2-4-12(14)8-19-15(22)9-25-16(23)10-27-18-13-6-7-26-17(13)20-11-21-18/h2-7,11H,8-10H2,1H3,(H,19,22). The number of nitrogens with one attached hydrogen (secondary N) is 1. The highest BCUT2D eigenvalue weighted by molar-refractivity contribution is 8.00. The lowest BCUT2D eigenvalue weighted by Crippen LogP contribution is -2.28. The van der Waals surface area contributed by atoms with Gasteiger partial charge in [0.25, 0.3) is 5.91 Å². The van der Waals surface area contributed by atoms with Gasteiger partial charge in [-0.15, -0.1) is 11.3 Å². The molecule has 0 atom stereocenters. The fourth-order valence-corrected chi connectivity index (χ4v) is 3.87. The lowest BCUT2D eigenvalue weighted by Gasteiger charge is -2.10. The number of thioether (sulfide) groups is 1. The van der Waals surface area contributed by atoms with Gasteiger partial charge in [0.1, 0.15) is 21.9 Å². The van der Waals surface area contributed by atoms with Crippen molar-refractivity contribution in [3.05, 3.63) is 47.6 Å². The Hall–Kier alpha value is -2.65. The van der Waals surface area contributed by atoms with Crippen LogP contribution in [0.5, 0.6) is 5.75 Å². The highest BCUT2D eigenvalue weighted by Gasteiger charge is 2.12. The van der Waals surface area contributed by atoms with Crippen molar-refractivity contribution >= 4 is 45.2 Å². The minimum Gasteiger partial charge on any atom is -0.496 e. The van der Waals surface area contributed by atoms with E-state index in [0.717, 1.165) is 20.8 Å². The highest BCUT2D eigenvalue weighted by atomic mass is 32.2. The second-order valence-electron chi connectivity index (χ2n) is 5.36. The number of esters is 1. The van der Waals surface area contributed by atoms with Crippen LogP contribution in [0, 0.1) is 0 Å². The fourth-order valence-electron chi connectivity index (χ4n) is 2.29. The maximum atomic E-state index is 11.9. The van der Waals surface area contributed by atoms with Crippen molar-refractivity contribution in [3.8, 4) is 5.75 Å². The number of carbonyl (C=O) groups excluding carboxylic acids is 2. The number of thiophene rings is 1. The number of hydrogen-bond donors (Lipinski definition) is 1. The van der Waals surface area contributed by atoms with E-state index < -0.39 is 5.97 Å². The monoisotopic (exact) mass is 403 g/mol. The first-order chi connectivity index (χ1) is 13.2. The Kier molecular flexibility index (Phi) is 6.61. The maximum absolute atomic E-state index is 11.9. The molecule has 0 fully saturated rings. The van der Waals surface area contributed by atoms with Gasteiger partial charge >= 0.3 is 5.97 Å². The van der Waals surface area contributed by atoms with Gasteiger partial charge in [-0.1, -0.05) is 30.0 Å². The first kappa shape index (κ1) is 19.1. The summed E-state index contributed by atoms with van der Waals surface area (Å²) in [4.78, 5) is 33.0. The molecule has 0 radical (unpaired) electrons. The summed E-state index contributed by atoms with van der Waals surface area (Å²) >= 11 is 2.78. The van der Waals surface area contributed by atoms with Gasteiger partial charge in [-0.2, -0.15) is 0 Å². The van der Waals surface area contributed by atoms with Crippen LogP contribution in [0.25, 0.3) is 10.2 Å². The van der Waals surface area contributed by atoms with Gasteiger partial charge in [-0.25, -0.2) is 9.97 Å². The lowest BCUT2D eigenvalue weighted by atomic mass is 10.2. The number of carbonyl (C=O) groups is 2. The third kappa shape index (κ3) is 5.18. The molecule has 0 aliphatic heterocycles. The normalized spacial score (nSPS) is 10.6. The Bertz CT molecular complexity index is 945. The van der Waals surface area contributed by atoms with Gasteiger partial charge in [-0.3, -0.25) is 9.59 Å². The van der Waals surface area contributed by atoms with Crippen LogP contribution < -0.4 is 10.1 Å². The summed E-state index contributed by atoms with van der Waals surface area (Å²) in [6.45, 7) is -0.0294. The van der Waals surface area contributed by atoms with E-state index in [2.05, 4.69) is 15.3 Å². The molecule has 1 amide bonds. The third-order valence-corrected chi connectivity index (χ3v) is 5.38. The first-order valence-electron chi connectivity index (χ1n) is 8.02. The van der Waals surface area contributed by atoms with E-state index in [9.17, 15) is 9.59 Å². The van der Waals surface area contributed by atoms with Crippen LogP contribution in [0.3, 0.4) is 0 Å². The Morgan fingerprint density at radius 2 is 2.07 bits per heavy atom. The predicted octanol–water partition coefficient (Wildman–Crippen LogP) is 2.65. The number of hydrogen-bond acceptors (Lipinski definition) is 8. The van der Waals surface area contributed by atoms with Crippen LogP contribution in [-0.4, -0.2) is 41.3 Å². The molecule has 0 aliphatic rings. The summed E-state index contributed by atoms with van der Waals surface area (Å²) in [5, 5.41) is 6.26. The molecule has 0 saturated heterocycles.